The summed E-state index contributed by atoms with van der Waals surface area (Å²) in [6.07, 6.45) is 0. The Labute approximate surface area is 183 Å². The summed E-state index contributed by atoms with van der Waals surface area (Å²) in [7, 11) is 0.180. The van der Waals surface area contributed by atoms with Crippen LogP contribution in [0, 0.1) is 5.82 Å². The van der Waals surface area contributed by atoms with Crippen molar-refractivity contribution >= 4 is 16.0 Å². The van der Waals surface area contributed by atoms with E-state index in [1.54, 1.807) is 19.2 Å². The van der Waals surface area contributed by atoms with Crippen LogP contribution in [-0.2, 0) is 33.6 Å². The molecule has 1 N–H and O–H groups in total. The van der Waals surface area contributed by atoms with Crippen molar-refractivity contribution in [1.82, 2.24) is 14.5 Å². The number of sulfonamides is 1. The molecule has 31 heavy (non-hydrogen) atoms. The quantitative estimate of drug-likeness (QED) is 0.519. The summed E-state index contributed by atoms with van der Waals surface area (Å²) in [6, 6.07) is 13.9. The van der Waals surface area contributed by atoms with E-state index in [2.05, 4.69) is 10.3 Å². The molecule has 1 fully saturated rings. The van der Waals surface area contributed by atoms with Gasteiger partial charge in [0, 0.05) is 40.3 Å². The first-order valence-corrected chi connectivity index (χ1v) is 11.8. The van der Waals surface area contributed by atoms with Gasteiger partial charge < -0.3 is 15.0 Å². The van der Waals surface area contributed by atoms with E-state index in [0.717, 1.165) is 16.7 Å². The van der Waals surface area contributed by atoms with Crippen LogP contribution in [0.1, 0.15) is 16.7 Å². The molecule has 0 aromatic heterocycles. The van der Waals surface area contributed by atoms with E-state index in [1.165, 1.54) is 16.4 Å². The van der Waals surface area contributed by atoms with E-state index in [0.29, 0.717) is 45.4 Å². The van der Waals surface area contributed by atoms with Crippen molar-refractivity contribution in [2.24, 2.45) is 4.99 Å². The Kier molecular flexibility index (Phi) is 8.00. The normalized spacial score (nSPS) is 15.6. The molecule has 1 aliphatic heterocycles. The average Bonchev–Trinajstić information content (AvgIpc) is 2.77. The van der Waals surface area contributed by atoms with Crippen molar-refractivity contribution in [2.75, 3.05) is 40.4 Å². The summed E-state index contributed by atoms with van der Waals surface area (Å²) in [5, 5.41) is 3.30. The predicted molar refractivity (Wildman–Crippen MR) is 120 cm³/mol. The van der Waals surface area contributed by atoms with Crippen LogP contribution >= 0.6 is 0 Å². The Balaban J connectivity index is 1.64. The van der Waals surface area contributed by atoms with Gasteiger partial charge >= 0.3 is 0 Å². The standard InChI is InChI=1S/C22H29FN4O3S/c1-24-22(26(2)16-18-7-9-21(23)10-8-18)25-15-19-5-3-4-6-20(19)17-31(28,29)27-11-13-30-14-12-27/h3-10H,11-17H2,1-2H3,(H,24,25). The molecule has 0 bridgehead atoms. The van der Waals surface area contributed by atoms with Crippen LogP contribution in [0.15, 0.2) is 53.5 Å². The minimum absolute atomic E-state index is 0.0468. The van der Waals surface area contributed by atoms with Gasteiger partial charge in [-0.15, -0.1) is 0 Å². The van der Waals surface area contributed by atoms with Gasteiger partial charge in [0.05, 0.1) is 19.0 Å². The fourth-order valence-electron chi connectivity index (χ4n) is 3.48. The van der Waals surface area contributed by atoms with Crippen LogP contribution in [-0.4, -0.2) is 64.0 Å². The summed E-state index contributed by atoms with van der Waals surface area (Å²) in [5.41, 5.74) is 2.62. The highest BCUT2D eigenvalue weighted by atomic mass is 32.2. The molecule has 0 unspecified atom stereocenters. The molecule has 0 amide bonds. The number of morpholine rings is 1. The number of aliphatic imine (C=N–C) groups is 1. The highest BCUT2D eigenvalue weighted by Gasteiger charge is 2.25. The molecular weight excluding hydrogens is 419 g/mol. The second kappa shape index (κ2) is 10.7. The topological polar surface area (TPSA) is 74.2 Å². The largest absolute Gasteiger partial charge is 0.379 e. The van der Waals surface area contributed by atoms with Crippen molar-refractivity contribution in [3.8, 4) is 0 Å². The molecule has 168 valence electrons. The van der Waals surface area contributed by atoms with E-state index in [9.17, 15) is 12.8 Å². The first kappa shape index (κ1) is 23.2. The lowest BCUT2D eigenvalue weighted by Gasteiger charge is -2.26. The van der Waals surface area contributed by atoms with Crippen LogP contribution in [0.2, 0.25) is 0 Å². The van der Waals surface area contributed by atoms with Crippen LogP contribution in [0.25, 0.3) is 0 Å². The minimum Gasteiger partial charge on any atom is -0.379 e. The molecule has 1 aliphatic rings. The fourth-order valence-corrected chi connectivity index (χ4v) is 5.04. The second-order valence-electron chi connectivity index (χ2n) is 7.42. The maximum absolute atomic E-state index is 13.1. The first-order valence-electron chi connectivity index (χ1n) is 10.2. The van der Waals surface area contributed by atoms with E-state index in [-0.39, 0.29) is 11.6 Å². The lowest BCUT2D eigenvalue weighted by Crippen LogP contribution is -2.41. The number of nitrogens with zero attached hydrogens (tertiary/aromatic N) is 3. The summed E-state index contributed by atoms with van der Waals surface area (Å²) < 4.78 is 45.5. The molecule has 0 atom stereocenters. The minimum atomic E-state index is -3.41. The van der Waals surface area contributed by atoms with Gasteiger partial charge in [-0.25, -0.2) is 12.8 Å². The molecular formula is C22H29FN4O3S. The maximum atomic E-state index is 13.1. The Bertz CT molecular complexity index is 990. The van der Waals surface area contributed by atoms with Crippen LogP contribution in [0.3, 0.4) is 0 Å². The second-order valence-corrected chi connectivity index (χ2v) is 9.39. The van der Waals surface area contributed by atoms with Gasteiger partial charge in [0.2, 0.25) is 10.0 Å². The number of nitrogens with one attached hydrogen (secondary N) is 1. The lowest BCUT2D eigenvalue weighted by molar-refractivity contribution is 0.0729. The molecule has 2 aromatic carbocycles. The van der Waals surface area contributed by atoms with E-state index in [4.69, 9.17) is 4.74 Å². The van der Waals surface area contributed by atoms with Crippen molar-refractivity contribution in [1.29, 1.82) is 0 Å². The van der Waals surface area contributed by atoms with Crippen LogP contribution in [0.5, 0.6) is 0 Å². The van der Waals surface area contributed by atoms with Gasteiger partial charge in [-0.3, -0.25) is 4.99 Å². The molecule has 1 saturated heterocycles. The van der Waals surface area contributed by atoms with Gasteiger partial charge in [0.15, 0.2) is 5.96 Å². The molecule has 0 aliphatic carbocycles. The van der Waals surface area contributed by atoms with Crippen LogP contribution < -0.4 is 5.32 Å². The van der Waals surface area contributed by atoms with E-state index in [1.807, 2.05) is 36.2 Å². The Hall–Kier alpha value is -2.49. The van der Waals surface area contributed by atoms with Crippen molar-refractivity contribution < 1.29 is 17.5 Å². The predicted octanol–water partition coefficient (Wildman–Crippen LogP) is 2.20. The monoisotopic (exact) mass is 448 g/mol. The first-order chi connectivity index (χ1) is 14.9. The fraction of sp³-hybridized carbons (Fsp3) is 0.409. The molecule has 0 spiro atoms. The number of rotatable bonds is 7. The van der Waals surface area contributed by atoms with Gasteiger partial charge in [-0.1, -0.05) is 36.4 Å². The Morgan fingerprint density at radius 1 is 1.13 bits per heavy atom. The summed E-state index contributed by atoms with van der Waals surface area (Å²) in [4.78, 5) is 6.24. The Morgan fingerprint density at radius 3 is 2.42 bits per heavy atom. The van der Waals surface area contributed by atoms with Gasteiger partial charge in [-0.05, 0) is 28.8 Å². The van der Waals surface area contributed by atoms with Gasteiger partial charge in [-0.2, -0.15) is 4.31 Å². The lowest BCUT2D eigenvalue weighted by atomic mass is 10.1. The highest BCUT2D eigenvalue weighted by Crippen LogP contribution is 2.17. The van der Waals surface area contributed by atoms with Crippen molar-refractivity contribution in [3.05, 3.63) is 71.0 Å². The maximum Gasteiger partial charge on any atom is 0.218 e. The average molecular weight is 449 g/mol. The van der Waals surface area contributed by atoms with Gasteiger partial charge in [0.25, 0.3) is 0 Å². The summed E-state index contributed by atoms with van der Waals surface area (Å²) in [6.45, 7) is 2.65. The number of halogens is 1. The highest BCUT2D eigenvalue weighted by molar-refractivity contribution is 7.88. The molecule has 7 nitrogen and oxygen atoms in total. The molecule has 1 heterocycles. The molecule has 0 radical (unpaired) electrons. The number of hydrogen-bond donors (Lipinski definition) is 1. The number of guanidine groups is 1. The zero-order valence-electron chi connectivity index (χ0n) is 17.9. The third-order valence-electron chi connectivity index (χ3n) is 5.16. The third-order valence-corrected chi connectivity index (χ3v) is 6.99. The number of ether oxygens (including phenoxy) is 1. The number of benzene rings is 2. The third kappa shape index (κ3) is 6.49. The zero-order valence-corrected chi connectivity index (χ0v) is 18.7. The SMILES string of the molecule is CN=C(NCc1ccccc1CS(=O)(=O)N1CCOCC1)N(C)Cc1ccc(F)cc1. The van der Waals surface area contributed by atoms with Crippen molar-refractivity contribution in [2.45, 2.75) is 18.8 Å². The molecule has 2 aromatic rings. The molecule has 3 rings (SSSR count). The number of hydrogen-bond acceptors (Lipinski definition) is 4. The smallest absolute Gasteiger partial charge is 0.218 e. The molecule has 0 saturated carbocycles. The zero-order chi connectivity index (χ0) is 22.3. The van der Waals surface area contributed by atoms with Crippen molar-refractivity contribution in [3.63, 3.8) is 0 Å². The Morgan fingerprint density at radius 2 is 1.77 bits per heavy atom. The van der Waals surface area contributed by atoms with E-state index >= 15 is 0 Å². The molecule has 9 heteroatoms. The van der Waals surface area contributed by atoms with E-state index < -0.39 is 10.0 Å². The summed E-state index contributed by atoms with van der Waals surface area (Å²) in [5.74, 6) is 0.349. The summed E-state index contributed by atoms with van der Waals surface area (Å²) >= 11 is 0. The van der Waals surface area contributed by atoms with Crippen LogP contribution in [0.4, 0.5) is 4.39 Å². The van der Waals surface area contributed by atoms with Gasteiger partial charge in [0.1, 0.15) is 5.82 Å².